The topological polar surface area (TPSA) is 38.3 Å². The van der Waals surface area contributed by atoms with Crippen molar-refractivity contribution in [2.24, 2.45) is 0 Å². The van der Waals surface area contributed by atoms with E-state index in [9.17, 15) is 13.6 Å². The molecule has 1 amide bonds. The van der Waals surface area contributed by atoms with Gasteiger partial charge in [0.25, 0.3) is 5.91 Å². The second kappa shape index (κ2) is 7.22. The fourth-order valence-electron chi connectivity index (χ4n) is 1.85. The van der Waals surface area contributed by atoms with Gasteiger partial charge in [0, 0.05) is 11.1 Å². The van der Waals surface area contributed by atoms with Crippen LogP contribution in [0.15, 0.2) is 42.5 Å². The highest BCUT2D eigenvalue weighted by atomic mass is 35.5. The first-order chi connectivity index (χ1) is 10.5. The van der Waals surface area contributed by atoms with Crippen molar-refractivity contribution in [3.8, 4) is 5.75 Å². The van der Waals surface area contributed by atoms with Gasteiger partial charge in [-0.3, -0.25) is 4.79 Å². The number of carbonyl (C=O) groups excluding carboxylic acids is 1. The van der Waals surface area contributed by atoms with Crippen molar-refractivity contribution < 1.29 is 18.3 Å². The molecule has 1 N–H and O–H groups in total. The van der Waals surface area contributed by atoms with Crippen molar-refractivity contribution in [1.82, 2.24) is 5.32 Å². The minimum absolute atomic E-state index is 0.171. The molecule has 1 unspecified atom stereocenters. The molecule has 0 aliphatic rings. The standard InChI is InChI=1S/C16H14ClF2NO2/c1-10(11-2-4-12(17)5-3-11)20-16(21)9-22-15-7-6-13(18)8-14(15)19/h2-8,10H,9H2,1H3,(H,20,21). The predicted molar refractivity (Wildman–Crippen MR) is 79.9 cm³/mol. The van der Waals surface area contributed by atoms with Gasteiger partial charge in [-0.15, -0.1) is 0 Å². The summed E-state index contributed by atoms with van der Waals surface area (Å²) in [6, 6.07) is 9.71. The van der Waals surface area contributed by atoms with Crippen LogP contribution in [0.1, 0.15) is 18.5 Å². The van der Waals surface area contributed by atoms with Crippen molar-refractivity contribution in [2.45, 2.75) is 13.0 Å². The SMILES string of the molecule is CC(NC(=O)COc1ccc(F)cc1F)c1ccc(Cl)cc1. The van der Waals surface area contributed by atoms with Gasteiger partial charge in [0.2, 0.25) is 0 Å². The van der Waals surface area contributed by atoms with Gasteiger partial charge in [0.05, 0.1) is 6.04 Å². The summed E-state index contributed by atoms with van der Waals surface area (Å²) in [7, 11) is 0. The molecular weight excluding hydrogens is 312 g/mol. The second-order valence-electron chi connectivity index (χ2n) is 4.70. The van der Waals surface area contributed by atoms with Gasteiger partial charge in [-0.2, -0.15) is 0 Å². The third-order valence-electron chi connectivity index (χ3n) is 3.00. The third-order valence-corrected chi connectivity index (χ3v) is 3.25. The first kappa shape index (κ1) is 16.2. The van der Waals surface area contributed by atoms with Crippen LogP contribution in [0, 0.1) is 11.6 Å². The Hall–Kier alpha value is -2.14. The van der Waals surface area contributed by atoms with Crippen LogP contribution in [0.4, 0.5) is 8.78 Å². The summed E-state index contributed by atoms with van der Waals surface area (Å²) >= 11 is 5.80. The number of ether oxygens (including phenoxy) is 1. The molecule has 1 atom stereocenters. The van der Waals surface area contributed by atoms with Crippen LogP contribution in [0.2, 0.25) is 5.02 Å². The summed E-state index contributed by atoms with van der Waals surface area (Å²) in [5.74, 6) is -2.13. The molecule has 3 nitrogen and oxygen atoms in total. The Labute approximate surface area is 131 Å². The zero-order valence-corrected chi connectivity index (χ0v) is 12.5. The van der Waals surface area contributed by atoms with Crippen molar-refractivity contribution in [3.05, 3.63) is 64.7 Å². The molecule has 116 valence electrons. The molecule has 0 heterocycles. The molecule has 0 aliphatic carbocycles. The number of halogens is 3. The summed E-state index contributed by atoms with van der Waals surface area (Å²) in [6.07, 6.45) is 0. The fraction of sp³-hybridized carbons (Fsp3) is 0.188. The van der Waals surface area contributed by atoms with Gasteiger partial charge in [-0.1, -0.05) is 23.7 Å². The van der Waals surface area contributed by atoms with E-state index < -0.39 is 17.5 Å². The minimum Gasteiger partial charge on any atom is -0.481 e. The number of benzene rings is 2. The molecule has 6 heteroatoms. The van der Waals surface area contributed by atoms with Gasteiger partial charge in [0.1, 0.15) is 5.82 Å². The van der Waals surface area contributed by atoms with E-state index in [0.717, 1.165) is 17.7 Å². The molecule has 0 saturated carbocycles. The number of rotatable bonds is 5. The Morgan fingerprint density at radius 2 is 1.91 bits per heavy atom. The maximum absolute atomic E-state index is 13.4. The molecule has 0 bridgehead atoms. The molecule has 0 radical (unpaired) electrons. The van der Waals surface area contributed by atoms with E-state index in [1.54, 1.807) is 31.2 Å². The van der Waals surface area contributed by atoms with Crippen LogP contribution in [-0.4, -0.2) is 12.5 Å². The summed E-state index contributed by atoms with van der Waals surface area (Å²) in [4.78, 5) is 11.8. The highest BCUT2D eigenvalue weighted by Gasteiger charge is 2.11. The van der Waals surface area contributed by atoms with Gasteiger partial charge in [-0.25, -0.2) is 8.78 Å². The second-order valence-corrected chi connectivity index (χ2v) is 5.14. The lowest BCUT2D eigenvalue weighted by atomic mass is 10.1. The average Bonchev–Trinajstić information content (AvgIpc) is 2.47. The lowest BCUT2D eigenvalue weighted by Crippen LogP contribution is -2.31. The highest BCUT2D eigenvalue weighted by molar-refractivity contribution is 6.30. The van der Waals surface area contributed by atoms with Crippen molar-refractivity contribution >= 4 is 17.5 Å². The Balaban J connectivity index is 1.88. The fourth-order valence-corrected chi connectivity index (χ4v) is 1.98. The number of hydrogen-bond acceptors (Lipinski definition) is 2. The largest absolute Gasteiger partial charge is 0.481 e. The van der Waals surface area contributed by atoms with Crippen LogP contribution >= 0.6 is 11.6 Å². The Kier molecular flexibility index (Phi) is 5.33. The Morgan fingerprint density at radius 3 is 2.55 bits per heavy atom. The molecular formula is C16H14ClF2NO2. The Morgan fingerprint density at radius 1 is 1.23 bits per heavy atom. The molecule has 2 aromatic carbocycles. The van der Waals surface area contributed by atoms with Gasteiger partial charge >= 0.3 is 0 Å². The van der Waals surface area contributed by atoms with Crippen molar-refractivity contribution in [3.63, 3.8) is 0 Å². The van der Waals surface area contributed by atoms with Crippen LogP contribution in [-0.2, 0) is 4.79 Å². The number of nitrogens with one attached hydrogen (secondary N) is 1. The molecule has 0 aliphatic heterocycles. The number of carbonyl (C=O) groups is 1. The van der Waals surface area contributed by atoms with E-state index in [2.05, 4.69) is 5.32 Å². The third kappa shape index (κ3) is 4.43. The molecule has 2 rings (SSSR count). The zero-order chi connectivity index (χ0) is 16.1. The van der Waals surface area contributed by atoms with Gasteiger partial charge < -0.3 is 10.1 Å². The molecule has 2 aromatic rings. The summed E-state index contributed by atoms with van der Waals surface area (Å²) in [5, 5.41) is 3.32. The van der Waals surface area contributed by atoms with Crippen LogP contribution < -0.4 is 10.1 Å². The monoisotopic (exact) mass is 325 g/mol. The number of amides is 1. The zero-order valence-electron chi connectivity index (χ0n) is 11.8. The molecule has 0 aromatic heterocycles. The normalized spacial score (nSPS) is 11.8. The predicted octanol–water partition coefficient (Wildman–Crippen LogP) is 3.87. The average molecular weight is 326 g/mol. The van der Waals surface area contributed by atoms with E-state index >= 15 is 0 Å². The molecule has 22 heavy (non-hydrogen) atoms. The maximum atomic E-state index is 13.4. The quantitative estimate of drug-likeness (QED) is 0.906. The number of hydrogen-bond donors (Lipinski definition) is 1. The Bertz CT molecular complexity index is 662. The molecule has 0 fully saturated rings. The summed E-state index contributed by atoms with van der Waals surface area (Å²) < 4.78 is 31.1. The van der Waals surface area contributed by atoms with Gasteiger partial charge in [-0.05, 0) is 36.8 Å². The van der Waals surface area contributed by atoms with E-state index in [1.165, 1.54) is 0 Å². The van der Waals surface area contributed by atoms with Crippen LogP contribution in [0.3, 0.4) is 0 Å². The summed E-state index contributed by atoms with van der Waals surface area (Å²) in [5.41, 5.74) is 0.880. The van der Waals surface area contributed by atoms with Crippen LogP contribution in [0.5, 0.6) is 5.75 Å². The first-order valence-corrected chi connectivity index (χ1v) is 6.96. The van der Waals surface area contributed by atoms with E-state index in [1.807, 2.05) is 0 Å². The lowest BCUT2D eigenvalue weighted by molar-refractivity contribution is -0.123. The molecule has 0 saturated heterocycles. The van der Waals surface area contributed by atoms with E-state index in [4.69, 9.17) is 16.3 Å². The minimum atomic E-state index is -0.849. The van der Waals surface area contributed by atoms with Crippen molar-refractivity contribution in [2.75, 3.05) is 6.61 Å². The lowest BCUT2D eigenvalue weighted by Gasteiger charge is -2.15. The van der Waals surface area contributed by atoms with E-state index in [-0.39, 0.29) is 18.4 Å². The maximum Gasteiger partial charge on any atom is 0.258 e. The first-order valence-electron chi connectivity index (χ1n) is 6.58. The molecule has 0 spiro atoms. The summed E-state index contributed by atoms with van der Waals surface area (Å²) in [6.45, 7) is 1.44. The van der Waals surface area contributed by atoms with Crippen LogP contribution in [0.25, 0.3) is 0 Å². The van der Waals surface area contributed by atoms with Gasteiger partial charge in [0.15, 0.2) is 18.2 Å². The smallest absolute Gasteiger partial charge is 0.258 e. The highest BCUT2D eigenvalue weighted by Crippen LogP contribution is 2.18. The van der Waals surface area contributed by atoms with Crippen molar-refractivity contribution in [1.29, 1.82) is 0 Å². The van der Waals surface area contributed by atoms with E-state index in [0.29, 0.717) is 11.1 Å².